The number of aliphatic hydroxyl groups excluding tert-OH is 3. The van der Waals surface area contributed by atoms with Gasteiger partial charge in [-0.1, -0.05) is 102 Å². The fourth-order valence-electron chi connectivity index (χ4n) is 29.1. The average Bonchev–Trinajstić information content (AvgIpc) is 1.44. The van der Waals surface area contributed by atoms with E-state index in [1.807, 2.05) is 51.9 Å². The molecule has 1 aromatic heterocycles. The van der Waals surface area contributed by atoms with Crippen LogP contribution in [-0.2, 0) is 31.0 Å². The summed E-state index contributed by atoms with van der Waals surface area (Å²) >= 11 is 0. The van der Waals surface area contributed by atoms with Gasteiger partial charge in [-0.15, -0.1) is 0 Å². The Labute approximate surface area is 558 Å². The maximum absolute atomic E-state index is 16.5. The molecular weight excluding hydrogens is 1220 g/mol. The minimum Gasteiger partial charge on any atom is -0.508 e. The summed E-state index contributed by atoms with van der Waals surface area (Å²) in [5, 5.41) is 90.8. The summed E-state index contributed by atoms with van der Waals surface area (Å²) in [4.78, 5) is 19.9. The van der Waals surface area contributed by atoms with Crippen LogP contribution in [0, 0.1) is 86.3 Å². The number of carbonyl (C=O) groups excluding carboxylic acids is 1. The number of H-pyrrole nitrogens is 1. The zero-order valence-electron chi connectivity index (χ0n) is 54.1. The van der Waals surface area contributed by atoms with E-state index in [0.29, 0.717) is 59.5 Å². The monoisotopic (exact) mass is 1310 g/mol. The summed E-state index contributed by atoms with van der Waals surface area (Å²) < 4.78 is 29.8. The molecule has 8 N–H and O–H groups in total. The number of ether oxygens (including phenoxy) is 4. The largest absolute Gasteiger partial charge is 0.508 e. The quantitative estimate of drug-likeness (QED) is 0.0365. The van der Waals surface area contributed by atoms with Crippen LogP contribution in [0.25, 0.3) is 32.4 Å². The number of aromatic hydroxyl groups is 1. The Balaban J connectivity index is 0.775. The van der Waals surface area contributed by atoms with E-state index in [4.69, 9.17) is 18.9 Å². The molecule has 94 heavy (non-hydrogen) atoms. The van der Waals surface area contributed by atoms with E-state index in [9.17, 15) is 25.5 Å². The second-order valence-corrected chi connectivity index (χ2v) is 36.8. The van der Waals surface area contributed by atoms with Gasteiger partial charge in [-0.05, 0) is 249 Å². The Hall–Kier alpha value is -3.97. The highest BCUT2D eigenvalue weighted by Crippen LogP contribution is 2.86. The first kappa shape index (κ1) is 58.9. The van der Waals surface area contributed by atoms with Crippen molar-refractivity contribution in [3.05, 3.63) is 108 Å². The molecule has 4 aromatic carbocycles. The van der Waals surface area contributed by atoms with E-state index in [0.717, 1.165) is 136 Å². The summed E-state index contributed by atoms with van der Waals surface area (Å²) in [6.07, 6.45) is 23.7. The first-order valence-electron chi connectivity index (χ1n) is 36.9. The summed E-state index contributed by atoms with van der Waals surface area (Å²) in [6.45, 7) is -0.466. The van der Waals surface area contributed by atoms with E-state index in [1.165, 1.54) is 24.0 Å². The molecule has 496 valence electrons. The highest BCUT2D eigenvalue weighted by Gasteiger charge is 2.90. The summed E-state index contributed by atoms with van der Waals surface area (Å²) in [7, 11) is 5.88. The van der Waals surface area contributed by atoms with Crippen molar-refractivity contribution in [3.63, 3.8) is 0 Å². The molecule has 5 aromatic rings. The molecule has 13 fully saturated rings. The molecule has 26 unspecified atom stereocenters. The molecule has 5 aliphatic heterocycles. The SMILES string of the molecule is CNC1CSSCC2c3cc(O)ccc3C34C(CCC35C(O)C1CC1C3CC6(C(O)C7(O)OC(C(=O)Oc8c(CO)[nH]c9ccc%10cc%11ccccc%11cc%10c89)C(OC15)C37O)C1(CCCC1)CCC61CC3C=CC5(C=CC6CCCC6O5)C5CCC3(C5)C1)CC1CCC2C14. The molecule has 22 rings (SSSR count). The lowest BCUT2D eigenvalue weighted by Crippen LogP contribution is -2.82. The van der Waals surface area contributed by atoms with Gasteiger partial charge in [0.1, 0.15) is 23.6 Å². The van der Waals surface area contributed by atoms with Crippen LogP contribution in [0.3, 0.4) is 0 Å². The summed E-state index contributed by atoms with van der Waals surface area (Å²) in [5.41, 5.74) is -2.68. The molecule has 13 nitrogen and oxygen atoms in total. The normalized spacial score (nSPS) is 49.8. The Kier molecular flexibility index (Phi) is 12.4. The number of allylic oxidation sites excluding steroid dienone is 1. The number of hydrogen-bond donors (Lipinski definition) is 8. The number of fused-ring (bicyclic) bond motifs is 15. The smallest absolute Gasteiger partial charge is 0.343 e. The third-order valence-electron chi connectivity index (χ3n) is 32.1. The number of esters is 1. The number of phenolic OH excluding ortho intramolecular Hbond substituents is 1. The Morgan fingerprint density at radius 2 is 1.59 bits per heavy atom. The van der Waals surface area contributed by atoms with Gasteiger partial charge < -0.3 is 59.9 Å². The topological polar surface area (TPSA) is 203 Å². The molecule has 10 saturated carbocycles. The van der Waals surface area contributed by atoms with E-state index >= 15 is 9.90 Å². The van der Waals surface area contributed by atoms with Gasteiger partial charge in [0.05, 0.1) is 41.5 Å². The molecule has 7 spiro atoms. The average molecular weight is 1310 g/mol. The number of nitrogens with one attached hydrogen (secondary N) is 2. The first-order chi connectivity index (χ1) is 45.6. The highest BCUT2D eigenvalue weighted by atomic mass is 33.1. The fraction of sp³-hybridized carbons (Fsp3) is 0.658. The molecular formula is C79H92N2O11S2. The van der Waals surface area contributed by atoms with Gasteiger partial charge in [-0.25, -0.2) is 4.79 Å². The first-order valence-corrected chi connectivity index (χ1v) is 39.4. The van der Waals surface area contributed by atoms with Crippen molar-refractivity contribution in [2.24, 2.45) is 86.3 Å². The van der Waals surface area contributed by atoms with E-state index < -0.39 is 99.0 Å². The van der Waals surface area contributed by atoms with E-state index in [1.54, 1.807) is 0 Å². The lowest BCUT2D eigenvalue weighted by molar-refractivity contribution is -0.409. The highest BCUT2D eigenvalue weighted by molar-refractivity contribution is 8.76. The molecule has 0 radical (unpaired) electrons. The van der Waals surface area contributed by atoms with E-state index in [-0.39, 0.29) is 58.6 Å². The van der Waals surface area contributed by atoms with Gasteiger partial charge in [-0.2, -0.15) is 0 Å². The number of aliphatic hydroxyl groups is 5. The Morgan fingerprint density at radius 1 is 0.766 bits per heavy atom. The van der Waals surface area contributed by atoms with Gasteiger partial charge in [0, 0.05) is 51.5 Å². The molecule has 6 bridgehead atoms. The van der Waals surface area contributed by atoms with Crippen molar-refractivity contribution in [1.29, 1.82) is 0 Å². The van der Waals surface area contributed by atoms with Gasteiger partial charge in [0.25, 0.3) is 0 Å². The lowest BCUT2D eigenvalue weighted by atomic mass is 9.37. The lowest BCUT2D eigenvalue weighted by Gasteiger charge is -2.72. The zero-order valence-corrected chi connectivity index (χ0v) is 55.7. The minimum atomic E-state index is -2.70. The van der Waals surface area contributed by atoms with Crippen molar-refractivity contribution in [2.75, 3.05) is 18.6 Å². The minimum absolute atomic E-state index is 0.0499. The van der Waals surface area contributed by atoms with Crippen molar-refractivity contribution in [1.82, 2.24) is 10.3 Å². The number of benzene rings is 4. The molecule has 6 heterocycles. The fourth-order valence-corrected chi connectivity index (χ4v) is 31.9. The van der Waals surface area contributed by atoms with Crippen LogP contribution < -0.4 is 10.1 Å². The predicted octanol–water partition coefficient (Wildman–Crippen LogP) is 12.6. The van der Waals surface area contributed by atoms with Crippen LogP contribution in [0.1, 0.15) is 158 Å². The zero-order chi connectivity index (χ0) is 63.1. The maximum atomic E-state index is 16.5. The molecule has 0 amide bonds. The van der Waals surface area contributed by atoms with Crippen LogP contribution in [0.5, 0.6) is 11.5 Å². The number of aromatic amines is 1. The number of aromatic nitrogens is 1. The number of phenols is 1. The number of hydrogen-bond acceptors (Lipinski definition) is 14. The van der Waals surface area contributed by atoms with Crippen molar-refractivity contribution in [2.45, 2.75) is 212 Å². The summed E-state index contributed by atoms with van der Waals surface area (Å²) in [6, 6.07) is 22.5. The van der Waals surface area contributed by atoms with Gasteiger partial charge in [-0.3, -0.25) is 0 Å². The Bertz CT molecular complexity index is 4110. The molecule has 17 aliphatic rings. The second-order valence-electron chi connectivity index (χ2n) is 34.3. The number of rotatable bonds is 4. The second kappa shape index (κ2) is 19.7. The van der Waals surface area contributed by atoms with E-state index in [2.05, 4.69) is 78.1 Å². The predicted molar refractivity (Wildman–Crippen MR) is 361 cm³/mol. The third-order valence-corrected chi connectivity index (χ3v) is 34.6. The third kappa shape index (κ3) is 6.85. The van der Waals surface area contributed by atoms with Crippen molar-refractivity contribution >= 4 is 60.0 Å². The molecule has 3 saturated heterocycles. The summed E-state index contributed by atoms with van der Waals surface area (Å²) in [5.74, 6) is -0.429. The number of carbonyl (C=O) groups is 1. The van der Waals surface area contributed by atoms with Crippen LogP contribution in [0.4, 0.5) is 0 Å². The van der Waals surface area contributed by atoms with Gasteiger partial charge in [0.2, 0.25) is 5.79 Å². The maximum Gasteiger partial charge on any atom is 0.343 e. The van der Waals surface area contributed by atoms with Gasteiger partial charge in [0.15, 0.2) is 17.5 Å². The van der Waals surface area contributed by atoms with Crippen LogP contribution in [-0.4, -0.2) is 120 Å². The molecule has 26 atom stereocenters. The van der Waals surface area contributed by atoms with Gasteiger partial charge >= 0.3 is 5.97 Å². The van der Waals surface area contributed by atoms with Crippen LogP contribution in [0.2, 0.25) is 0 Å². The van der Waals surface area contributed by atoms with Crippen LogP contribution >= 0.6 is 21.6 Å². The molecule has 15 heteroatoms. The van der Waals surface area contributed by atoms with Crippen molar-refractivity contribution in [3.8, 4) is 11.5 Å². The Morgan fingerprint density at radius 3 is 2.44 bits per heavy atom. The van der Waals surface area contributed by atoms with Crippen molar-refractivity contribution < 1.29 is 54.4 Å². The molecule has 12 aliphatic carbocycles. The van der Waals surface area contributed by atoms with Crippen LogP contribution in [0.15, 0.2) is 91.0 Å². The standard InChI is InChI=1S/C79H92N2O11S2/c1-80-60-39-94-93-38-55-50-14-11-45-30-46-20-26-75(77(46,63(45)50)56-15-13-49(83)32-52(55)56)66(84)54(60)33-53-57-36-76(72(21-4-5-22-72)27-28-73(76)35-47-19-25-74(48-18-23-71(47,34-48)40-73)24-17-41-9-6-10-61(41)91-74)70(86)79(88)78(57,87)68(90-67(53)75)65(92-79)69(85)89-64-59(37-82)81-58-16-12-44-29-42-7-2-3-8-43(42)31-51(44)62(58)64/h2-3,7-8,12-13,15-17,19,24-25,29,31-32,41,45-48,50,53-55,57,60-61,63,65-68,70,80-84,86-88H,4-6,9-11,14,18,20-23,26-28,30,33-40H2,1H3.